The zero-order valence-corrected chi connectivity index (χ0v) is 68.6. The van der Waals surface area contributed by atoms with Crippen LogP contribution in [0.3, 0.4) is 0 Å². The number of halogens is 3. The number of aliphatic hydroxyl groups is 2. The number of fused-ring (bicyclic) bond motifs is 9. The maximum atomic E-state index is 13.0. The lowest BCUT2D eigenvalue weighted by molar-refractivity contribution is -0.137. The first-order valence-corrected chi connectivity index (χ1v) is 41.4. The Labute approximate surface area is 666 Å². The molecule has 12 rings (SSSR count). The number of carboxylic acids is 1. The number of rotatable bonds is 32. The summed E-state index contributed by atoms with van der Waals surface area (Å²) in [5.41, 5.74) is 17.2. The number of nitrogens with two attached hydrogens (primary N) is 1. The van der Waals surface area contributed by atoms with E-state index in [0.29, 0.717) is 58.7 Å². The van der Waals surface area contributed by atoms with Gasteiger partial charge in [-0.05, 0) is 160 Å². The maximum Gasteiger partial charge on any atom is 0.306 e. The first kappa shape index (κ1) is 85.0. The molecule has 22 nitrogen and oxygen atoms in total. The molecule has 0 aliphatic carbocycles. The molecule has 0 spiro atoms. The fourth-order valence-electron chi connectivity index (χ4n) is 13.3. The minimum atomic E-state index is -0.926. The number of carbonyl (C=O) groups is 4. The lowest BCUT2D eigenvalue weighted by atomic mass is 9.99. The first-order chi connectivity index (χ1) is 52.6. The third-order valence-corrected chi connectivity index (χ3v) is 23.9. The highest BCUT2D eigenvalue weighted by atomic mass is 35.5. The van der Waals surface area contributed by atoms with Crippen LogP contribution in [0, 0.1) is 62.3 Å². The summed E-state index contributed by atoms with van der Waals surface area (Å²) in [6.07, 6.45) is 20.1. The highest BCUT2D eigenvalue weighted by Gasteiger charge is 2.36. The van der Waals surface area contributed by atoms with Crippen LogP contribution in [0.1, 0.15) is 253 Å². The zero-order chi connectivity index (χ0) is 78.3. The minimum absolute atomic E-state index is 0.0372. The third-order valence-electron chi connectivity index (χ3n) is 19.5. The number of carbonyl (C=O) groups excluding carboxylic acids is 3. The summed E-state index contributed by atoms with van der Waals surface area (Å²) in [6.45, 7) is 21.0. The minimum Gasteiger partial charge on any atom is -0.481 e. The van der Waals surface area contributed by atoms with Crippen molar-refractivity contribution in [1.82, 2.24) is 54.9 Å². The van der Waals surface area contributed by atoms with E-state index in [2.05, 4.69) is 91.9 Å². The summed E-state index contributed by atoms with van der Waals surface area (Å²) in [5.74, 6) is 3.20. The van der Waals surface area contributed by atoms with Crippen LogP contribution in [0.5, 0.6) is 0 Å². The molecule has 0 saturated heterocycles. The van der Waals surface area contributed by atoms with Gasteiger partial charge in [0.05, 0.1) is 36.4 Å². The molecule has 3 atom stereocenters. The Morgan fingerprint density at radius 2 is 0.725 bits per heavy atom. The molecule has 0 radical (unpaired) electrons. The van der Waals surface area contributed by atoms with Gasteiger partial charge in [0.2, 0.25) is 11.8 Å². The number of aryl methyl sites for hydroxylation is 6. The van der Waals surface area contributed by atoms with E-state index in [1.165, 1.54) is 51.4 Å². The van der Waals surface area contributed by atoms with Gasteiger partial charge in [-0.25, -0.2) is 0 Å². The van der Waals surface area contributed by atoms with Crippen LogP contribution in [-0.2, 0) is 19.2 Å². The molecule has 6 aromatic heterocycles. The van der Waals surface area contributed by atoms with Crippen molar-refractivity contribution in [3.8, 4) is 15.0 Å². The number of nitrogens with zero attached hydrogens (tertiary/aromatic N) is 12. The van der Waals surface area contributed by atoms with Gasteiger partial charge in [0, 0.05) is 95.8 Å². The van der Waals surface area contributed by atoms with E-state index in [-0.39, 0.29) is 37.7 Å². The molecule has 109 heavy (non-hydrogen) atoms. The van der Waals surface area contributed by atoms with E-state index in [9.17, 15) is 24.3 Å². The standard InChI is InChI=1S/C27H34ClN5O2S.C27H32ClN5O2S.C19H17ClN4O2S.C8H19NO/c2*1-17-18(2)36-27-24(17)25(20-10-12-21(28)13-11-20)30-22(26-32-31-19(3)33(26)27)16-23(35)29-14-8-6-4-5-7-9-15-34;1-9-10(2)27-19-16(9)17(12-4-6-13(20)7-5-12)21-14(8-15(25)26)18-23-22-11(3)24(18)19;9-7-5-3-1-2-4-6-8-10/h10-13,22,34H,4-9,14-16H2,1-3H3,(H,29,35);10-13,15,22H,4-9,14,16H2,1-3H3,(H,29,35);4-7,14H,8H2,1-3H3,(H,25,26);10H,1-9H2/t2*22-;14-;/m000./s1. The topological polar surface area (TPSA) is 308 Å². The molecule has 0 bridgehead atoms. The molecular weight excluding hydrogens is 1500 g/mol. The number of unbranched alkanes of at least 4 members (excludes halogenated alkanes) is 15. The number of hydrogen-bond donors (Lipinski definition) is 6. The number of amides is 2. The molecule has 7 N–H and O–H groups in total. The molecule has 9 heterocycles. The molecule has 28 heteroatoms. The number of thiophene rings is 3. The quantitative estimate of drug-likeness (QED) is 0.0169. The van der Waals surface area contributed by atoms with Crippen molar-refractivity contribution >= 4 is 110 Å². The van der Waals surface area contributed by atoms with Crippen LogP contribution in [0.2, 0.25) is 15.1 Å². The van der Waals surface area contributed by atoms with E-state index in [1.54, 1.807) is 34.0 Å². The molecular formula is C81H102Cl3N15O7S3. The van der Waals surface area contributed by atoms with E-state index in [1.807, 2.05) is 98.1 Å². The second-order valence-electron chi connectivity index (χ2n) is 27.6. The molecule has 3 aromatic carbocycles. The van der Waals surface area contributed by atoms with Crippen molar-refractivity contribution in [2.45, 2.75) is 215 Å². The third kappa shape index (κ3) is 22.2. The predicted molar refractivity (Wildman–Crippen MR) is 440 cm³/mol. The summed E-state index contributed by atoms with van der Waals surface area (Å²) >= 11 is 23.4. The average molecular weight is 1600 g/mol. The van der Waals surface area contributed by atoms with Gasteiger partial charge in [-0.1, -0.05) is 142 Å². The van der Waals surface area contributed by atoms with Crippen molar-refractivity contribution in [2.24, 2.45) is 20.7 Å². The second kappa shape index (κ2) is 41.9. The van der Waals surface area contributed by atoms with Crippen molar-refractivity contribution < 1.29 is 34.5 Å². The smallest absolute Gasteiger partial charge is 0.306 e. The van der Waals surface area contributed by atoms with Crippen LogP contribution in [-0.4, -0.2) is 134 Å². The number of aliphatic hydroxyl groups excluding tert-OH is 2. The van der Waals surface area contributed by atoms with E-state index >= 15 is 0 Å². The Balaban J connectivity index is 0.000000178. The Bertz CT molecular complexity index is 4620. The largest absolute Gasteiger partial charge is 0.481 e. The monoisotopic (exact) mass is 1600 g/mol. The van der Waals surface area contributed by atoms with E-state index in [4.69, 9.17) is 65.7 Å². The summed E-state index contributed by atoms with van der Waals surface area (Å²) in [5, 5.41) is 63.9. The molecule has 2 amide bonds. The van der Waals surface area contributed by atoms with Gasteiger partial charge in [-0.3, -0.25) is 43.1 Å². The number of hydrogen-bond acceptors (Lipinski definition) is 19. The number of aromatic nitrogens is 9. The van der Waals surface area contributed by atoms with Gasteiger partial charge in [0.15, 0.2) is 17.5 Å². The second-order valence-corrected chi connectivity index (χ2v) is 32.5. The SMILES string of the molecule is Cc1sc2c(c1C)C(c1ccc(Cl)cc1)=N[C@@H](CC(=O)NCCCCCCCC=O)c1nnc(C)n1-2.Cc1sc2c(c1C)C(c1ccc(Cl)cc1)=N[C@@H](CC(=O)NCCCCCCCCO)c1nnc(C)n1-2.Cc1sc2c(c1C)C(c1ccc(Cl)cc1)=N[C@@H](CC(=O)O)c1nnc(C)n1-2.NCCCCCCCCO. The van der Waals surface area contributed by atoms with Gasteiger partial charge in [0.1, 0.15) is 56.9 Å². The van der Waals surface area contributed by atoms with Gasteiger partial charge < -0.3 is 36.5 Å². The summed E-state index contributed by atoms with van der Waals surface area (Å²) in [7, 11) is 0. The molecule has 3 aliphatic heterocycles. The first-order valence-electron chi connectivity index (χ1n) is 37.8. The van der Waals surface area contributed by atoms with Crippen molar-refractivity contribution in [2.75, 3.05) is 32.8 Å². The molecule has 3 aliphatic rings. The Kier molecular flexibility index (Phi) is 32.7. The van der Waals surface area contributed by atoms with Gasteiger partial charge in [0.25, 0.3) is 0 Å². The van der Waals surface area contributed by atoms with E-state index in [0.717, 1.165) is 185 Å². The van der Waals surface area contributed by atoms with Crippen LogP contribution in [0.4, 0.5) is 0 Å². The number of carboxylic acid groups (broad SMARTS) is 1. The number of nitrogens with one attached hydrogen (secondary N) is 2. The van der Waals surface area contributed by atoms with Crippen LogP contribution < -0.4 is 16.4 Å². The molecule has 0 saturated carbocycles. The number of aliphatic imine (C=N–C) groups is 3. The van der Waals surface area contributed by atoms with Crippen LogP contribution >= 0.6 is 68.8 Å². The Hall–Kier alpha value is -7.98. The summed E-state index contributed by atoms with van der Waals surface area (Å²) < 4.78 is 6.07. The van der Waals surface area contributed by atoms with Gasteiger partial charge in [-0.2, -0.15) is 0 Å². The van der Waals surface area contributed by atoms with Crippen LogP contribution in [0.15, 0.2) is 87.8 Å². The average Bonchev–Trinajstić information content (AvgIpc) is 1.61. The van der Waals surface area contributed by atoms with Crippen LogP contribution in [0.25, 0.3) is 15.0 Å². The lowest BCUT2D eigenvalue weighted by Crippen LogP contribution is -2.26. The number of benzene rings is 3. The number of aldehydes is 1. The van der Waals surface area contributed by atoms with E-state index < -0.39 is 24.1 Å². The molecule has 0 fully saturated rings. The summed E-state index contributed by atoms with van der Waals surface area (Å²) in [6, 6.07) is 21.3. The molecule has 0 unspecified atom stereocenters. The lowest BCUT2D eigenvalue weighted by Gasteiger charge is -2.13. The number of aliphatic carboxylic acids is 1. The normalized spacial score (nSPS) is 14.5. The summed E-state index contributed by atoms with van der Waals surface area (Å²) in [4.78, 5) is 66.5. The Morgan fingerprint density at radius 3 is 1.03 bits per heavy atom. The van der Waals surface area contributed by atoms with Crippen molar-refractivity contribution in [3.05, 3.63) is 188 Å². The van der Waals surface area contributed by atoms with Gasteiger partial charge in [-0.15, -0.1) is 64.6 Å². The van der Waals surface area contributed by atoms with Gasteiger partial charge >= 0.3 is 5.97 Å². The highest BCUT2D eigenvalue weighted by molar-refractivity contribution is 7.15. The zero-order valence-electron chi connectivity index (χ0n) is 63.9. The fraction of sp³-hybridized carbons (Fsp3) is 0.469. The molecule has 9 aromatic rings. The Morgan fingerprint density at radius 1 is 0.431 bits per heavy atom. The molecule has 582 valence electrons. The van der Waals surface area contributed by atoms with Crippen molar-refractivity contribution in [3.63, 3.8) is 0 Å². The maximum absolute atomic E-state index is 13.0. The highest BCUT2D eigenvalue weighted by Crippen LogP contribution is 2.43. The van der Waals surface area contributed by atoms with Crippen molar-refractivity contribution in [1.29, 1.82) is 0 Å². The predicted octanol–water partition coefficient (Wildman–Crippen LogP) is 17.0. The fourth-order valence-corrected chi connectivity index (χ4v) is 17.3.